The maximum absolute atomic E-state index is 13.2. The molecule has 3 N–H and O–H groups in total. The molecule has 0 aromatic heterocycles. The van der Waals surface area contributed by atoms with Gasteiger partial charge in [-0.1, -0.05) is 6.07 Å². The molecule has 18 heavy (non-hydrogen) atoms. The topological polar surface area (TPSA) is 56.5 Å². The van der Waals surface area contributed by atoms with E-state index in [0.29, 0.717) is 26.2 Å². The van der Waals surface area contributed by atoms with Crippen LogP contribution in [0.3, 0.4) is 0 Å². The van der Waals surface area contributed by atoms with Crippen molar-refractivity contribution in [3.05, 3.63) is 35.1 Å². The van der Waals surface area contributed by atoms with Crippen LogP contribution in [0, 0.1) is 12.7 Å². The first-order chi connectivity index (χ1) is 8.67. The summed E-state index contributed by atoms with van der Waals surface area (Å²) in [6, 6.07) is 4.72. The molecule has 1 aromatic rings. The summed E-state index contributed by atoms with van der Waals surface area (Å²) in [6.45, 7) is 3.50. The van der Waals surface area contributed by atoms with Crippen molar-refractivity contribution < 1.29 is 13.9 Å². The molecule has 0 saturated carbocycles. The summed E-state index contributed by atoms with van der Waals surface area (Å²) < 4.78 is 23.4. The smallest absolute Gasteiger partial charge is 0.123 e. The first-order valence-electron chi connectivity index (χ1n) is 5.95. The minimum absolute atomic E-state index is 0.0395. The molecule has 1 aromatic carbocycles. The van der Waals surface area contributed by atoms with Crippen LogP contribution in [0.15, 0.2) is 18.2 Å². The van der Waals surface area contributed by atoms with Gasteiger partial charge in [-0.3, -0.25) is 11.3 Å². The van der Waals surface area contributed by atoms with Gasteiger partial charge in [0, 0.05) is 13.2 Å². The molecule has 1 unspecified atom stereocenters. The number of nitrogens with one attached hydrogen (secondary N) is 1. The van der Waals surface area contributed by atoms with Gasteiger partial charge in [-0.05, 0) is 36.6 Å². The van der Waals surface area contributed by atoms with Gasteiger partial charge in [0.1, 0.15) is 5.82 Å². The van der Waals surface area contributed by atoms with E-state index in [1.54, 1.807) is 13.2 Å². The number of hydrogen-bond donors (Lipinski definition) is 2. The summed E-state index contributed by atoms with van der Waals surface area (Å²) in [5, 5.41) is 0. The molecule has 0 fully saturated rings. The molecule has 102 valence electrons. The number of methoxy groups -OCH3 is 1. The Morgan fingerprint density at radius 2 is 2.17 bits per heavy atom. The van der Waals surface area contributed by atoms with Crippen molar-refractivity contribution >= 4 is 0 Å². The highest BCUT2D eigenvalue weighted by Crippen LogP contribution is 2.12. The number of benzene rings is 1. The lowest BCUT2D eigenvalue weighted by molar-refractivity contribution is 0.0587. The fourth-order valence-electron chi connectivity index (χ4n) is 1.66. The van der Waals surface area contributed by atoms with Gasteiger partial charge in [-0.2, -0.15) is 0 Å². The van der Waals surface area contributed by atoms with E-state index < -0.39 is 0 Å². The SMILES string of the molecule is COCCOCC(Cc1cc(F)ccc1C)NN. The van der Waals surface area contributed by atoms with Crippen LogP contribution < -0.4 is 11.3 Å². The quantitative estimate of drug-likeness (QED) is 0.416. The van der Waals surface area contributed by atoms with Gasteiger partial charge in [-0.25, -0.2) is 4.39 Å². The number of aryl methyl sites for hydroxylation is 1. The van der Waals surface area contributed by atoms with E-state index in [1.165, 1.54) is 12.1 Å². The molecule has 0 spiro atoms. The van der Waals surface area contributed by atoms with E-state index in [2.05, 4.69) is 5.43 Å². The Hall–Kier alpha value is -1.01. The third kappa shape index (κ3) is 5.10. The van der Waals surface area contributed by atoms with E-state index in [0.717, 1.165) is 11.1 Å². The normalized spacial score (nSPS) is 12.7. The first-order valence-corrected chi connectivity index (χ1v) is 5.95. The minimum atomic E-state index is -0.230. The second kappa shape index (κ2) is 8.16. The molecule has 0 heterocycles. The van der Waals surface area contributed by atoms with Crippen molar-refractivity contribution in [2.45, 2.75) is 19.4 Å². The van der Waals surface area contributed by atoms with E-state index >= 15 is 0 Å². The standard InChI is InChI=1S/C13H21FN2O2/c1-10-3-4-12(14)7-11(10)8-13(16-15)9-18-6-5-17-2/h3-4,7,13,16H,5-6,8-9,15H2,1-2H3. The second-order valence-electron chi connectivity index (χ2n) is 4.21. The molecule has 0 amide bonds. The minimum Gasteiger partial charge on any atom is -0.382 e. The zero-order valence-corrected chi connectivity index (χ0v) is 10.9. The summed E-state index contributed by atoms with van der Waals surface area (Å²) in [6.07, 6.45) is 0.632. The van der Waals surface area contributed by atoms with Crippen LogP contribution in [-0.4, -0.2) is 33.0 Å². The lowest BCUT2D eigenvalue weighted by Gasteiger charge is -2.17. The van der Waals surface area contributed by atoms with Crippen LogP contribution >= 0.6 is 0 Å². The molecule has 0 aliphatic rings. The van der Waals surface area contributed by atoms with Crippen molar-refractivity contribution in [2.24, 2.45) is 5.84 Å². The third-order valence-electron chi connectivity index (χ3n) is 2.76. The van der Waals surface area contributed by atoms with Crippen molar-refractivity contribution in [2.75, 3.05) is 26.9 Å². The summed E-state index contributed by atoms with van der Waals surface area (Å²) in [4.78, 5) is 0. The molecular weight excluding hydrogens is 235 g/mol. The number of nitrogens with two attached hydrogens (primary N) is 1. The molecule has 4 nitrogen and oxygen atoms in total. The Bertz CT molecular complexity index is 361. The Kier molecular flexibility index (Phi) is 6.82. The highest BCUT2D eigenvalue weighted by molar-refractivity contribution is 5.27. The Morgan fingerprint density at radius 1 is 1.39 bits per heavy atom. The average molecular weight is 256 g/mol. The number of ether oxygens (including phenoxy) is 2. The summed E-state index contributed by atoms with van der Waals surface area (Å²) >= 11 is 0. The van der Waals surface area contributed by atoms with Crippen LogP contribution in [0.1, 0.15) is 11.1 Å². The highest BCUT2D eigenvalue weighted by Gasteiger charge is 2.10. The van der Waals surface area contributed by atoms with Crippen LogP contribution in [0.25, 0.3) is 0 Å². The number of hydrogen-bond acceptors (Lipinski definition) is 4. The third-order valence-corrected chi connectivity index (χ3v) is 2.76. The average Bonchev–Trinajstić information content (AvgIpc) is 2.37. The largest absolute Gasteiger partial charge is 0.382 e. The number of halogens is 1. The maximum atomic E-state index is 13.2. The Balaban J connectivity index is 2.48. The summed E-state index contributed by atoms with van der Waals surface area (Å²) in [5.41, 5.74) is 4.67. The lowest BCUT2D eigenvalue weighted by Crippen LogP contribution is -2.40. The van der Waals surface area contributed by atoms with E-state index in [-0.39, 0.29) is 11.9 Å². The van der Waals surface area contributed by atoms with Gasteiger partial charge in [0.15, 0.2) is 0 Å². The van der Waals surface area contributed by atoms with Crippen molar-refractivity contribution in [3.8, 4) is 0 Å². The highest BCUT2D eigenvalue weighted by atomic mass is 19.1. The van der Waals surface area contributed by atoms with Gasteiger partial charge in [-0.15, -0.1) is 0 Å². The summed E-state index contributed by atoms with van der Waals surface area (Å²) in [7, 11) is 1.62. The van der Waals surface area contributed by atoms with Crippen molar-refractivity contribution in [1.82, 2.24) is 5.43 Å². The Labute approximate surface area is 107 Å². The first kappa shape index (κ1) is 15.0. The van der Waals surface area contributed by atoms with Gasteiger partial charge >= 0.3 is 0 Å². The van der Waals surface area contributed by atoms with E-state index in [9.17, 15) is 4.39 Å². The molecule has 0 aliphatic carbocycles. The van der Waals surface area contributed by atoms with Crippen molar-refractivity contribution in [1.29, 1.82) is 0 Å². The number of rotatable bonds is 8. The zero-order chi connectivity index (χ0) is 13.4. The monoisotopic (exact) mass is 256 g/mol. The van der Waals surface area contributed by atoms with Gasteiger partial charge < -0.3 is 9.47 Å². The van der Waals surface area contributed by atoms with Gasteiger partial charge in [0.2, 0.25) is 0 Å². The van der Waals surface area contributed by atoms with Crippen LogP contribution in [0.2, 0.25) is 0 Å². The van der Waals surface area contributed by atoms with Crippen LogP contribution in [0.4, 0.5) is 4.39 Å². The van der Waals surface area contributed by atoms with Gasteiger partial charge in [0.05, 0.1) is 19.8 Å². The fourth-order valence-corrected chi connectivity index (χ4v) is 1.66. The van der Waals surface area contributed by atoms with Crippen molar-refractivity contribution in [3.63, 3.8) is 0 Å². The molecule has 5 heteroatoms. The van der Waals surface area contributed by atoms with Crippen LogP contribution in [0.5, 0.6) is 0 Å². The maximum Gasteiger partial charge on any atom is 0.123 e. The van der Waals surface area contributed by atoms with E-state index in [4.69, 9.17) is 15.3 Å². The van der Waals surface area contributed by atoms with E-state index in [1.807, 2.05) is 6.92 Å². The lowest BCUT2D eigenvalue weighted by atomic mass is 10.0. The van der Waals surface area contributed by atoms with Gasteiger partial charge in [0.25, 0.3) is 0 Å². The molecular formula is C13H21FN2O2. The molecule has 0 radical (unpaired) electrons. The van der Waals surface area contributed by atoms with Crippen LogP contribution in [-0.2, 0) is 15.9 Å². The number of hydrazine groups is 1. The summed E-state index contributed by atoms with van der Waals surface area (Å²) in [5.74, 6) is 5.24. The Morgan fingerprint density at radius 3 is 2.83 bits per heavy atom. The molecule has 1 atom stereocenters. The second-order valence-corrected chi connectivity index (χ2v) is 4.21. The predicted molar refractivity (Wildman–Crippen MR) is 68.6 cm³/mol. The molecule has 0 saturated heterocycles. The fraction of sp³-hybridized carbons (Fsp3) is 0.538. The predicted octanol–water partition coefficient (Wildman–Crippen LogP) is 1.17. The molecule has 0 aliphatic heterocycles. The zero-order valence-electron chi connectivity index (χ0n) is 10.9. The molecule has 1 rings (SSSR count). The molecule has 0 bridgehead atoms.